The van der Waals surface area contributed by atoms with Crippen LogP contribution in [0.5, 0.6) is 5.75 Å². The normalized spacial score (nSPS) is 12.5. The van der Waals surface area contributed by atoms with Crippen molar-refractivity contribution in [2.45, 2.75) is 18.1 Å². The number of carbonyl (C=O) groups excluding carboxylic acids is 2. The van der Waals surface area contributed by atoms with Gasteiger partial charge in [-0.2, -0.15) is 16.9 Å². The number of fused-ring (bicyclic) bond motifs is 1. The summed E-state index contributed by atoms with van der Waals surface area (Å²) in [6, 6.07) is 10.8. The number of anilines is 1. The number of ether oxygens (including phenoxy) is 1. The number of thioether (sulfide) groups is 1. The summed E-state index contributed by atoms with van der Waals surface area (Å²) in [5.74, 6) is 1.83. The summed E-state index contributed by atoms with van der Waals surface area (Å²) in [4.78, 5) is 24.6. The first-order valence-corrected chi connectivity index (χ1v) is 9.75. The third kappa shape index (κ3) is 3.61. The Balaban J connectivity index is 1.54. The molecule has 0 spiro atoms. The first-order valence-electron chi connectivity index (χ1n) is 8.60. The number of amides is 2. The van der Waals surface area contributed by atoms with Crippen molar-refractivity contribution in [2.24, 2.45) is 0 Å². The van der Waals surface area contributed by atoms with Gasteiger partial charge in [0.1, 0.15) is 17.3 Å². The number of methoxy groups -OCH3 is 1. The van der Waals surface area contributed by atoms with Crippen molar-refractivity contribution in [1.82, 2.24) is 15.1 Å². The second-order valence-corrected chi connectivity index (χ2v) is 7.08. The van der Waals surface area contributed by atoms with E-state index in [2.05, 4.69) is 15.7 Å². The minimum atomic E-state index is -0.749. The first kappa shape index (κ1) is 18.2. The summed E-state index contributed by atoms with van der Waals surface area (Å²) < 4.78 is 12.0. The lowest BCUT2D eigenvalue weighted by atomic mass is 10.2. The highest BCUT2D eigenvalue weighted by Crippen LogP contribution is 2.36. The van der Waals surface area contributed by atoms with Gasteiger partial charge in [0.15, 0.2) is 0 Å². The second kappa shape index (κ2) is 7.81. The SMILES string of the molecule is COc1ccc(-n2nc3c(c2NC(=O)C(=O)NCc2ccco2)CSC3)cc1. The van der Waals surface area contributed by atoms with Crippen LogP contribution in [0.15, 0.2) is 47.1 Å². The van der Waals surface area contributed by atoms with Crippen molar-refractivity contribution in [3.8, 4) is 11.4 Å². The Morgan fingerprint density at radius 3 is 2.75 bits per heavy atom. The van der Waals surface area contributed by atoms with Crippen LogP contribution in [0.3, 0.4) is 0 Å². The van der Waals surface area contributed by atoms with Gasteiger partial charge < -0.3 is 19.8 Å². The van der Waals surface area contributed by atoms with Gasteiger partial charge in [-0.3, -0.25) is 9.59 Å². The van der Waals surface area contributed by atoms with E-state index in [0.717, 1.165) is 34.2 Å². The maximum absolute atomic E-state index is 12.4. The van der Waals surface area contributed by atoms with E-state index in [-0.39, 0.29) is 6.54 Å². The summed E-state index contributed by atoms with van der Waals surface area (Å²) in [5.41, 5.74) is 2.62. The van der Waals surface area contributed by atoms with E-state index in [1.165, 1.54) is 6.26 Å². The van der Waals surface area contributed by atoms with Crippen LogP contribution in [0.2, 0.25) is 0 Å². The highest BCUT2D eigenvalue weighted by Gasteiger charge is 2.26. The van der Waals surface area contributed by atoms with Gasteiger partial charge in [0, 0.05) is 17.1 Å². The standard InChI is InChI=1S/C19H18N4O4S/c1-26-13-6-4-12(5-7-13)23-17(15-10-28-11-16(15)22-23)21-19(25)18(24)20-9-14-3-2-8-27-14/h2-8H,9-11H2,1H3,(H,20,24)(H,21,25). The molecule has 1 aromatic carbocycles. The van der Waals surface area contributed by atoms with Gasteiger partial charge in [-0.15, -0.1) is 0 Å². The van der Waals surface area contributed by atoms with Crippen LogP contribution in [0.25, 0.3) is 5.69 Å². The van der Waals surface area contributed by atoms with Crippen molar-refractivity contribution in [3.05, 3.63) is 59.7 Å². The Labute approximate surface area is 165 Å². The van der Waals surface area contributed by atoms with Gasteiger partial charge >= 0.3 is 11.8 Å². The molecule has 0 bridgehead atoms. The van der Waals surface area contributed by atoms with E-state index in [0.29, 0.717) is 11.6 Å². The third-order valence-electron chi connectivity index (χ3n) is 4.31. The molecule has 0 unspecified atom stereocenters. The van der Waals surface area contributed by atoms with Crippen LogP contribution < -0.4 is 15.4 Å². The number of furan rings is 1. The molecule has 2 aromatic heterocycles. The van der Waals surface area contributed by atoms with E-state index < -0.39 is 11.8 Å². The molecule has 2 amide bonds. The second-order valence-electron chi connectivity index (χ2n) is 6.09. The Hall–Kier alpha value is -3.20. The molecule has 0 aliphatic carbocycles. The molecule has 1 aliphatic rings. The largest absolute Gasteiger partial charge is 0.497 e. The highest BCUT2D eigenvalue weighted by molar-refractivity contribution is 7.98. The van der Waals surface area contributed by atoms with Crippen molar-refractivity contribution in [3.63, 3.8) is 0 Å². The molecule has 0 atom stereocenters. The molecular formula is C19H18N4O4S. The monoisotopic (exact) mass is 398 g/mol. The van der Waals surface area contributed by atoms with E-state index in [4.69, 9.17) is 9.15 Å². The zero-order valence-electron chi connectivity index (χ0n) is 15.1. The summed E-state index contributed by atoms with van der Waals surface area (Å²) in [6.07, 6.45) is 1.51. The molecule has 28 heavy (non-hydrogen) atoms. The molecule has 0 saturated heterocycles. The quantitative estimate of drug-likeness (QED) is 0.641. The number of hydrogen-bond acceptors (Lipinski definition) is 6. The van der Waals surface area contributed by atoms with Crippen molar-refractivity contribution >= 4 is 29.4 Å². The molecule has 1 aliphatic heterocycles. The lowest BCUT2D eigenvalue weighted by molar-refractivity contribution is -0.136. The van der Waals surface area contributed by atoms with E-state index in [1.807, 2.05) is 24.3 Å². The maximum atomic E-state index is 12.4. The van der Waals surface area contributed by atoms with Crippen LogP contribution in [-0.2, 0) is 27.6 Å². The molecule has 4 rings (SSSR count). The van der Waals surface area contributed by atoms with Gasteiger partial charge in [0.2, 0.25) is 0 Å². The number of rotatable bonds is 5. The molecule has 9 heteroatoms. The van der Waals surface area contributed by atoms with Crippen LogP contribution >= 0.6 is 11.8 Å². The van der Waals surface area contributed by atoms with E-state index in [1.54, 1.807) is 35.7 Å². The molecule has 0 fully saturated rings. The van der Waals surface area contributed by atoms with Gasteiger partial charge in [-0.25, -0.2) is 4.68 Å². The Morgan fingerprint density at radius 2 is 2.04 bits per heavy atom. The molecule has 8 nitrogen and oxygen atoms in total. The zero-order valence-corrected chi connectivity index (χ0v) is 15.9. The number of benzene rings is 1. The molecular weight excluding hydrogens is 380 g/mol. The number of nitrogens with zero attached hydrogens (tertiary/aromatic N) is 2. The summed E-state index contributed by atoms with van der Waals surface area (Å²) >= 11 is 1.72. The molecule has 0 radical (unpaired) electrons. The third-order valence-corrected chi connectivity index (χ3v) is 5.28. The van der Waals surface area contributed by atoms with Crippen molar-refractivity contribution in [1.29, 1.82) is 0 Å². The summed E-state index contributed by atoms with van der Waals surface area (Å²) in [5, 5.41) is 9.87. The van der Waals surface area contributed by atoms with Gasteiger partial charge in [-0.05, 0) is 36.4 Å². The molecule has 3 aromatic rings. The zero-order chi connectivity index (χ0) is 19.5. The Bertz CT molecular complexity index is 996. The fourth-order valence-electron chi connectivity index (χ4n) is 2.88. The predicted octanol–water partition coefficient (Wildman–Crippen LogP) is 2.48. The first-order chi connectivity index (χ1) is 13.7. The van der Waals surface area contributed by atoms with Crippen LogP contribution in [0.1, 0.15) is 17.0 Å². The average molecular weight is 398 g/mol. The topological polar surface area (TPSA) is 98.4 Å². The smallest absolute Gasteiger partial charge is 0.314 e. The lowest BCUT2D eigenvalue weighted by Gasteiger charge is -2.11. The Kier molecular flexibility index (Phi) is 5.07. The van der Waals surface area contributed by atoms with Crippen LogP contribution in [0.4, 0.5) is 5.82 Å². The number of hydrogen-bond donors (Lipinski definition) is 2. The minimum Gasteiger partial charge on any atom is -0.497 e. The summed E-state index contributed by atoms with van der Waals surface area (Å²) in [7, 11) is 1.60. The molecule has 3 heterocycles. The van der Waals surface area contributed by atoms with E-state index >= 15 is 0 Å². The lowest BCUT2D eigenvalue weighted by Crippen LogP contribution is -2.35. The van der Waals surface area contributed by atoms with Crippen LogP contribution in [-0.4, -0.2) is 28.7 Å². The molecule has 0 saturated carbocycles. The minimum absolute atomic E-state index is 0.144. The number of carbonyl (C=O) groups is 2. The molecule has 2 N–H and O–H groups in total. The van der Waals surface area contributed by atoms with Crippen molar-refractivity contribution < 1.29 is 18.7 Å². The van der Waals surface area contributed by atoms with Gasteiger partial charge in [0.05, 0.1) is 31.3 Å². The Morgan fingerprint density at radius 1 is 1.21 bits per heavy atom. The number of aromatic nitrogens is 2. The van der Waals surface area contributed by atoms with Gasteiger partial charge in [0.25, 0.3) is 0 Å². The van der Waals surface area contributed by atoms with Crippen molar-refractivity contribution in [2.75, 3.05) is 12.4 Å². The number of nitrogens with one attached hydrogen (secondary N) is 2. The fraction of sp³-hybridized carbons (Fsp3) is 0.211. The molecule has 144 valence electrons. The summed E-state index contributed by atoms with van der Waals surface area (Å²) in [6.45, 7) is 0.144. The maximum Gasteiger partial charge on any atom is 0.314 e. The fourth-order valence-corrected chi connectivity index (χ4v) is 3.91. The highest BCUT2D eigenvalue weighted by atomic mass is 32.2. The predicted molar refractivity (Wildman–Crippen MR) is 104 cm³/mol. The average Bonchev–Trinajstić information content (AvgIpc) is 3.45. The van der Waals surface area contributed by atoms with Crippen LogP contribution in [0, 0.1) is 0 Å². The van der Waals surface area contributed by atoms with Gasteiger partial charge in [-0.1, -0.05) is 0 Å². The van der Waals surface area contributed by atoms with E-state index in [9.17, 15) is 9.59 Å².